The van der Waals surface area contributed by atoms with Crippen LogP contribution in [0.25, 0.3) is 5.69 Å². The van der Waals surface area contributed by atoms with Gasteiger partial charge in [0.2, 0.25) is 0 Å². The summed E-state index contributed by atoms with van der Waals surface area (Å²) in [7, 11) is 0. The molecule has 0 amide bonds. The first-order chi connectivity index (χ1) is 9.04. The number of hydrogen-bond acceptors (Lipinski definition) is 3. The lowest BCUT2D eigenvalue weighted by atomic mass is 10.1. The average Bonchev–Trinajstić information content (AvgIpc) is 2.68. The smallest absolute Gasteiger partial charge is 0.339 e. The summed E-state index contributed by atoms with van der Waals surface area (Å²) >= 11 is 1.53. The second kappa shape index (κ2) is 5.48. The van der Waals surface area contributed by atoms with Crippen LogP contribution < -0.4 is 0 Å². The molecule has 1 aromatic heterocycles. The SMILES string of the molecule is CCSc1cccc(-n2nc(C)cc2C)c1C(=O)O. The summed E-state index contributed by atoms with van der Waals surface area (Å²) in [5.41, 5.74) is 2.75. The number of carboxylic acid groups (broad SMARTS) is 1. The second-order valence-corrected chi connectivity index (χ2v) is 5.53. The van der Waals surface area contributed by atoms with Crippen LogP contribution >= 0.6 is 11.8 Å². The maximum Gasteiger partial charge on any atom is 0.339 e. The van der Waals surface area contributed by atoms with E-state index in [1.54, 1.807) is 10.7 Å². The van der Waals surface area contributed by atoms with Gasteiger partial charge in [0.1, 0.15) is 0 Å². The Kier molecular flexibility index (Phi) is 3.95. The first-order valence-corrected chi connectivity index (χ1v) is 7.06. The molecule has 0 radical (unpaired) electrons. The van der Waals surface area contributed by atoms with Crippen molar-refractivity contribution in [2.75, 3.05) is 5.75 Å². The standard InChI is InChI=1S/C14H16N2O2S/c1-4-19-12-7-5-6-11(13(12)14(17)18)16-10(3)8-9(2)15-16/h5-8H,4H2,1-3H3,(H,17,18). The summed E-state index contributed by atoms with van der Waals surface area (Å²) in [5, 5.41) is 13.8. The molecule has 0 spiro atoms. The van der Waals surface area contributed by atoms with Gasteiger partial charge in [-0.2, -0.15) is 5.10 Å². The highest BCUT2D eigenvalue weighted by Crippen LogP contribution is 2.28. The number of nitrogens with zero attached hydrogens (tertiary/aromatic N) is 2. The van der Waals surface area contributed by atoms with Crippen molar-refractivity contribution < 1.29 is 9.90 Å². The fraction of sp³-hybridized carbons (Fsp3) is 0.286. The molecule has 100 valence electrons. The summed E-state index contributed by atoms with van der Waals surface area (Å²) in [5.74, 6) is -0.0833. The molecule has 0 aliphatic heterocycles. The highest BCUT2D eigenvalue weighted by atomic mass is 32.2. The van der Waals surface area contributed by atoms with E-state index in [4.69, 9.17) is 0 Å². The summed E-state index contributed by atoms with van der Waals surface area (Å²) in [4.78, 5) is 12.3. The van der Waals surface area contributed by atoms with Gasteiger partial charge in [-0.1, -0.05) is 13.0 Å². The molecule has 0 unspecified atom stereocenters. The van der Waals surface area contributed by atoms with E-state index in [9.17, 15) is 9.90 Å². The number of thioether (sulfide) groups is 1. The molecule has 1 heterocycles. The molecule has 0 aliphatic carbocycles. The highest BCUT2D eigenvalue weighted by Gasteiger charge is 2.18. The zero-order chi connectivity index (χ0) is 14.0. The van der Waals surface area contributed by atoms with Gasteiger partial charge in [-0.3, -0.25) is 0 Å². The number of aryl methyl sites for hydroxylation is 2. The van der Waals surface area contributed by atoms with Crippen LogP contribution in [0.5, 0.6) is 0 Å². The molecule has 4 nitrogen and oxygen atoms in total. The molecule has 2 rings (SSSR count). The Morgan fingerprint density at radius 1 is 1.42 bits per heavy atom. The van der Waals surface area contributed by atoms with E-state index < -0.39 is 5.97 Å². The van der Waals surface area contributed by atoms with E-state index in [1.165, 1.54) is 11.8 Å². The Hall–Kier alpha value is -1.75. The Morgan fingerprint density at radius 3 is 2.68 bits per heavy atom. The van der Waals surface area contributed by atoms with Gasteiger partial charge in [0.05, 0.1) is 16.9 Å². The number of benzene rings is 1. The van der Waals surface area contributed by atoms with Crippen molar-refractivity contribution >= 4 is 17.7 Å². The minimum atomic E-state index is -0.917. The van der Waals surface area contributed by atoms with Gasteiger partial charge in [0.15, 0.2) is 0 Å². The first-order valence-electron chi connectivity index (χ1n) is 6.07. The Bertz CT molecular complexity index is 620. The number of carboxylic acids is 1. The van der Waals surface area contributed by atoms with Gasteiger partial charge < -0.3 is 5.11 Å². The molecule has 19 heavy (non-hydrogen) atoms. The van der Waals surface area contributed by atoms with Crippen molar-refractivity contribution in [1.82, 2.24) is 9.78 Å². The topological polar surface area (TPSA) is 55.1 Å². The number of aromatic carboxylic acids is 1. The molecular formula is C14H16N2O2S. The zero-order valence-electron chi connectivity index (χ0n) is 11.2. The van der Waals surface area contributed by atoms with Gasteiger partial charge in [-0.05, 0) is 37.8 Å². The van der Waals surface area contributed by atoms with Crippen molar-refractivity contribution in [2.24, 2.45) is 0 Å². The predicted octanol–water partition coefficient (Wildman–Crippen LogP) is 3.30. The third-order valence-corrected chi connectivity index (χ3v) is 3.70. The van der Waals surface area contributed by atoms with E-state index in [0.29, 0.717) is 11.3 Å². The van der Waals surface area contributed by atoms with Crippen LogP contribution in [0.1, 0.15) is 28.7 Å². The normalized spacial score (nSPS) is 10.7. The van der Waals surface area contributed by atoms with Crippen LogP contribution in [-0.2, 0) is 0 Å². The fourth-order valence-corrected chi connectivity index (χ4v) is 2.88. The zero-order valence-corrected chi connectivity index (χ0v) is 12.0. The highest BCUT2D eigenvalue weighted by molar-refractivity contribution is 7.99. The third kappa shape index (κ3) is 2.66. The average molecular weight is 276 g/mol. The molecule has 0 saturated carbocycles. The summed E-state index contributed by atoms with van der Waals surface area (Å²) < 4.78 is 1.69. The number of hydrogen-bond donors (Lipinski definition) is 1. The molecule has 0 fully saturated rings. The van der Waals surface area contributed by atoms with Crippen molar-refractivity contribution in [3.8, 4) is 5.69 Å². The third-order valence-electron chi connectivity index (χ3n) is 2.76. The molecule has 0 bridgehead atoms. The van der Waals surface area contributed by atoms with Crippen LogP contribution in [0.15, 0.2) is 29.2 Å². The first kappa shape index (κ1) is 13.7. The van der Waals surface area contributed by atoms with Crippen LogP contribution in [0.3, 0.4) is 0 Å². The van der Waals surface area contributed by atoms with Crippen LogP contribution in [-0.4, -0.2) is 26.6 Å². The van der Waals surface area contributed by atoms with E-state index in [-0.39, 0.29) is 0 Å². The van der Waals surface area contributed by atoms with Crippen molar-refractivity contribution in [2.45, 2.75) is 25.7 Å². The monoisotopic (exact) mass is 276 g/mol. The molecule has 0 aliphatic rings. The lowest BCUT2D eigenvalue weighted by Crippen LogP contribution is -2.09. The predicted molar refractivity (Wildman–Crippen MR) is 76.4 cm³/mol. The van der Waals surface area contributed by atoms with Gasteiger partial charge in [0.25, 0.3) is 0 Å². The summed E-state index contributed by atoms with van der Waals surface area (Å²) in [6.07, 6.45) is 0. The Balaban J connectivity index is 2.66. The molecular weight excluding hydrogens is 260 g/mol. The summed E-state index contributed by atoms with van der Waals surface area (Å²) in [6, 6.07) is 7.44. The lowest BCUT2D eigenvalue weighted by Gasteiger charge is -2.12. The van der Waals surface area contributed by atoms with Gasteiger partial charge >= 0.3 is 5.97 Å². The largest absolute Gasteiger partial charge is 0.478 e. The Labute approximate surface area is 116 Å². The molecule has 2 aromatic rings. The van der Waals surface area contributed by atoms with Crippen LogP contribution in [0.2, 0.25) is 0 Å². The van der Waals surface area contributed by atoms with E-state index in [1.807, 2.05) is 39.0 Å². The molecule has 1 aromatic carbocycles. The van der Waals surface area contributed by atoms with E-state index in [2.05, 4.69) is 5.10 Å². The van der Waals surface area contributed by atoms with E-state index in [0.717, 1.165) is 22.0 Å². The second-order valence-electron chi connectivity index (χ2n) is 4.23. The van der Waals surface area contributed by atoms with Crippen molar-refractivity contribution in [3.63, 3.8) is 0 Å². The number of aromatic nitrogens is 2. The van der Waals surface area contributed by atoms with E-state index >= 15 is 0 Å². The fourth-order valence-electron chi connectivity index (χ4n) is 2.06. The molecule has 0 atom stereocenters. The molecule has 5 heteroatoms. The van der Waals surface area contributed by atoms with Crippen LogP contribution in [0.4, 0.5) is 0 Å². The van der Waals surface area contributed by atoms with Gasteiger partial charge in [-0.15, -0.1) is 11.8 Å². The number of carbonyl (C=O) groups is 1. The lowest BCUT2D eigenvalue weighted by molar-refractivity contribution is 0.0693. The summed E-state index contributed by atoms with van der Waals surface area (Å²) in [6.45, 7) is 5.83. The van der Waals surface area contributed by atoms with Crippen LogP contribution in [0, 0.1) is 13.8 Å². The maximum absolute atomic E-state index is 11.6. The maximum atomic E-state index is 11.6. The quantitative estimate of drug-likeness (QED) is 0.871. The minimum Gasteiger partial charge on any atom is -0.478 e. The Morgan fingerprint density at radius 2 is 2.16 bits per heavy atom. The molecule has 1 N–H and O–H groups in total. The van der Waals surface area contributed by atoms with Gasteiger partial charge in [0, 0.05) is 10.6 Å². The number of rotatable bonds is 4. The van der Waals surface area contributed by atoms with Gasteiger partial charge in [-0.25, -0.2) is 9.48 Å². The molecule has 0 saturated heterocycles. The van der Waals surface area contributed by atoms with Crippen molar-refractivity contribution in [1.29, 1.82) is 0 Å². The van der Waals surface area contributed by atoms with Crippen molar-refractivity contribution in [3.05, 3.63) is 41.2 Å². The minimum absolute atomic E-state index is 0.320.